The topological polar surface area (TPSA) is 442 Å². The number of carbonyl (C=O) groups excluding carboxylic acids is 3. The number of nitro benzene ring substituents is 1. The Bertz CT molecular complexity index is 4340. The third-order valence-electron chi connectivity index (χ3n) is 16.2. The lowest BCUT2D eigenvalue weighted by atomic mass is 10.2. The second kappa shape index (κ2) is 40.6. The highest BCUT2D eigenvalue weighted by molar-refractivity contribution is 7.86. The molecule has 0 radical (unpaired) electrons. The van der Waals surface area contributed by atoms with Crippen molar-refractivity contribution in [2.24, 2.45) is 5.84 Å². The monoisotopic (exact) mass is 1600 g/mol. The van der Waals surface area contributed by atoms with Gasteiger partial charge in [-0.1, -0.05) is 103 Å². The number of carbonyl (C=O) groups is 3. The molecule has 2 amide bonds. The van der Waals surface area contributed by atoms with Gasteiger partial charge in [-0.25, -0.2) is 55.7 Å². The highest BCUT2D eigenvalue weighted by Crippen LogP contribution is 2.41. The van der Waals surface area contributed by atoms with Crippen LogP contribution in [0.25, 0.3) is 32.5 Å². The van der Waals surface area contributed by atoms with Crippen LogP contribution >= 0.6 is 45.6 Å². The minimum Gasteiger partial charge on any atom is -0.411 e. The van der Waals surface area contributed by atoms with Crippen molar-refractivity contribution in [2.45, 2.75) is 187 Å². The van der Waals surface area contributed by atoms with Gasteiger partial charge in [-0.2, -0.15) is 8.42 Å². The molecule has 572 valence electrons. The molecule has 5 N–H and O–H groups in total. The Kier molecular flexibility index (Phi) is 34.5. The standard InChI is InChI=1S/C16H27N3O2Si.C14H11N5O5S2.C14H22N4OSSi.C9H22N2O2Si.C8H8N4OS.C5H3ClN2O/c1-12(13(2)21-22(6,7)16(3,4)5)11-19-15(20)14-17-9-8-10-18-14;1-9(13-17-18-14(25-13)12-15-7-2-8-16-12)24-26(22,23)11-5-3-10(4-6-11)19(20)21;1-10(19-21(5,6)14(2,3)4)12-17-18-13(20-12)11-15-8-7-9-16-11;1-7(8(12)11-10)13-14(5,6)9(2,3)4;1-5(13)7-11-12-8(14-7)6-9-3-2-4-10-6;6-4(9)5-7-2-1-3-8-5/h8-10,13H,1,11H2,2-7H3,(H,19,20);2-9H,1H3;7-10H,1-6H3;7H,10H2,1-6H3,(H,11,12);2-5,13H,1H3;1-3H/t;9-;;7-;5-;/m.1.11./s1. The average Bonchev–Trinajstić information content (AvgIpc) is 1.48. The molecule has 8 heterocycles. The van der Waals surface area contributed by atoms with Crippen molar-refractivity contribution < 1.29 is 50.3 Å². The zero-order chi connectivity index (χ0) is 79.6. The Morgan fingerprint density at radius 3 is 1.24 bits per heavy atom. The van der Waals surface area contributed by atoms with E-state index in [1.54, 1.807) is 93.8 Å². The van der Waals surface area contributed by atoms with Gasteiger partial charge in [0.25, 0.3) is 32.9 Å². The molecule has 0 aliphatic heterocycles. The number of nitrogens with two attached hydrogens (primary N) is 1. The number of nitrogens with zero attached hydrogens (tertiary/aromatic N) is 17. The largest absolute Gasteiger partial charge is 0.411 e. The number of rotatable bonds is 22. The molecule has 9 rings (SSSR count). The maximum Gasteiger partial charge on any atom is 0.297 e. The molecule has 0 bridgehead atoms. The number of non-ortho nitro benzene ring substituents is 1. The molecule has 5 atom stereocenters. The molecule has 0 saturated carbocycles. The zero-order valence-electron chi connectivity index (χ0n) is 62.9. The van der Waals surface area contributed by atoms with E-state index in [-0.39, 0.29) is 61.4 Å². The maximum atomic E-state index is 12.3. The Labute approximate surface area is 637 Å². The summed E-state index contributed by atoms with van der Waals surface area (Å²) >= 11 is 8.94. The van der Waals surface area contributed by atoms with Gasteiger partial charge in [-0.15, -0.1) is 30.6 Å². The van der Waals surface area contributed by atoms with Crippen LogP contribution < -0.4 is 16.6 Å². The van der Waals surface area contributed by atoms with Gasteiger partial charge in [0.05, 0.1) is 22.0 Å². The molecule has 106 heavy (non-hydrogen) atoms. The molecule has 9 aromatic rings. The summed E-state index contributed by atoms with van der Waals surface area (Å²) in [6, 6.07) is 12.9. The highest BCUT2D eigenvalue weighted by atomic mass is 35.5. The van der Waals surface area contributed by atoms with Crippen LogP contribution in [0.1, 0.15) is 152 Å². The fraction of sp³-hybridized carbons (Fsp3) is 0.439. The van der Waals surface area contributed by atoms with Crippen molar-refractivity contribution in [3.05, 3.63) is 166 Å². The summed E-state index contributed by atoms with van der Waals surface area (Å²) < 4.78 is 48.2. The van der Waals surface area contributed by atoms with Crippen molar-refractivity contribution in [1.29, 1.82) is 0 Å². The minimum absolute atomic E-state index is 0.0409. The van der Waals surface area contributed by atoms with E-state index in [0.717, 1.165) is 51.2 Å². The number of aromatic nitrogens is 16. The quantitative estimate of drug-likeness (QED) is 0.00715. The molecule has 2 unspecified atom stereocenters. The Morgan fingerprint density at radius 1 is 0.557 bits per heavy atom. The van der Waals surface area contributed by atoms with Crippen molar-refractivity contribution in [1.82, 2.24) is 91.2 Å². The van der Waals surface area contributed by atoms with E-state index in [9.17, 15) is 38.0 Å². The molecule has 0 spiro atoms. The van der Waals surface area contributed by atoms with Crippen molar-refractivity contribution >= 4 is 103 Å². The first-order valence-electron chi connectivity index (χ1n) is 32.7. The fourth-order valence-corrected chi connectivity index (χ4v) is 14.8. The summed E-state index contributed by atoms with van der Waals surface area (Å²) in [5, 5.41) is 50.0. The number of nitrogens with one attached hydrogen (secondary N) is 2. The van der Waals surface area contributed by atoms with E-state index in [1.165, 1.54) is 42.0 Å². The summed E-state index contributed by atoms with van der Waals surface area (Å²) in [5.74, 6) is 6.19. The van der Waals surface area contributed by atoms with Crippen LogP contribution in [0.2, 0.25) is 54.4 Å². The summed E-state index contributed by atoms with van der Waals surface area (Å²) in [7, 11) is -9.65. The molecule has 8 aromatic heterocycles. The van der Waals surface area contributed by atoms with Crippen LogP contribution in [-0.2, 0) is 32.4 Å². The molecule has 0 aliphatic rings. The summed E-state index contributed by atoms with van der Waals surface area (Å²) in [6.45, 7) is 46.1. The average molecular weight is 1610 g/mol. The van der Waals surface area contributed by atoms with Gasteiger partial charge < -0.3 is 23.7 Å². The predicted octanol–water partition coefficient (Wildman–Crippen LogP) is 12.9. The lowest BCUT2D eigenvalue weighted by Gasteiger charge is -2.38. The third kappa shape index (κ3) is 28.8. The van der Waals surface area contributed by atoms with Gasteiger partial charge in [0.15, 0.2) is 57.4 Å². The molecule has 0 saturated heterocycles. The van der Waals surface area contributed by atoms with E-state index < -0.39 is 63.5 Å². The van der Waals surface area contributed by atoms with Crippen molar-refractivity contribution in [3.8, 4) is 32.5 Å². The first kappa shape index (κ1) is 90.1. The first-order valence-corrected chi connectivity index (χ1v) is 45.7. The smallest absolute Gasteiger partial charge is 0.297 e. The van der Waals surface area contributed by atoms with Gasteiger partial charge in [-0.05, 0) is 149 Å². The third-order valence-corrected chi connectivity index (χ3v) is 34.6. The number of hydrogen-bond donors (Lipinski definition) is 4. The number of aliphatic hydroxyl groups excluding tert-OH is 1. The second-order valence-corrected chi connectivity index (χ2v) is 46.7. The Balaban J connectivity index is 0.000000276. The van der Waals surface area contributed by atoms with Gasteiger partial charge in [-0.3, -0.25) is 34.1 Å². The van der Waals surface area contributed by atoms with E-state index in [4.69, 9.17) is 34.9 Å². The Morgan fingerprint density at radius 2 is 0.896 bits per heavy atom. The number of halogens is 1. The SMILES string of the molecule is C=C(CNC(=O)c1ncccn1)C(C)O[Si](C)(C)C(C)(C)C.CC(O[Si](C)(C)C(C)(C)C)c1nnc(-c2ncccn2)s1.C[C@@H](O)c1nnc(-c2ncccn2)s1.C[C@@H](OS(=O)(=O)c1ccc([N+](=O)[O-])cc1)c1nnc(-c2ncccn2)s1.C[C@@H](O[Si](C)(C)C(C)(C)C)C(=O)NN.O=C(Cl)c1ncccn1. The minimum atomic E-state index is -4.12. The number of benzene rings is 1. The van der Waals surface area contributed by atoms with Gasteiger partial charge >= 0.3 is 0 Å². The molecule has 0 fully saturated rings. The van der Waals surface area contributed by atoms with Gasteiger partial charge in [0, 0.05) is 80.6 Å². The van der Waals surface area contributed by atoms with Crippen LogP contribution in [-0.4, -0.2) is 160 Å². The van der Waals surface area contributed by atoms with Gasteiger partial charge in [0.1, 0.15) is 33.3 Å². The predicted molar refractivity (Wildman–Crippen MR) is 413 cm³/mol. The van der Waals surface area contributed by atoms with E-state index >= 15 is 0 Å². The second-order valence-electron chi connectivity index (χ2n) is 27.5. The van der Waals surface area contributed by atoms with E-state index in [0.29, 0.717) is 44.0 Å². The van der Waals surface area contributed by atoms with Crippen LogP contribution in [0.4, 0.5) is 5.69 Å². The number of aliphatic hydroxyl groups is 1. The summed E-state index contributed by atoms with van der Waals surface area (Å²) in [6.07, 6.45) is 13.7. The fourth-order valence-electron chi connectivity index (χ4n) is 7.12. The van der Waals surface area contributed by atoms with Crippen LogP contribution in [0, 0.1) is 10.1 Å². The van der Waals surface area contributed by atoms with Crippen LogP contribution in [0.15, 0.2) is 134 Å². The number of hydrogen-bond acceptors (Lipinski definition) is 32. The van der Waals surface area contributed by atoms with E-state index in [1.807, 2.05) is 13.8 Å². The van der Waals surface area contributed by atoms with Crippen molar-refractivity contribution in [2.75, 3.05) is 6.54 Å². The lowest BCUT2D eigenvalue weighted by molar-refractivity contribution is -0.384. The Hall–Kier alpha value is -8.30. The molecule has 32 nitrogen and oxygen atoms in total. The van der Waals surface area contributed by atoms with Crippen LogP contribution in [0.5, 0.6) is 0 Å². The molecule has 40 heteroatoms. The number of nitro groups is 1. The number of amides is 2. The first-order chi connectivity index (χ1) is 49.3. The maximum absolute atomic E-state index is 12.3. The summed E-state index contributed by atoms with van der Waals surface area (Å²) in [5.41, 5.74) is 2.72. The molecular formula is C66H93ClN20O12S4Si3. The lowest BCUT2D eigenvalue weighted by Crippen LogP contribution is -2.48. The van der Waals surface area contributed by atoms with E-state index in [2.05, 4.69) is 199 Å². The van der Waals surface area contributed by atoms with Crippen molar-refractivity contribution in [3.63, 3.8) is 0 Å². The summed E-state index contributed by atoms with van der Waals surface area (Å²) in [4.78, 5) is 82.8. The van der Waals surface area contributed by atoms with Gasteiger partial charge in [0.2, 0.25) is 11.6 Å². The van der Waals surface area contributed by atoms with Crippen LogP contribution in [0.3, 0.4) is 0 Å². The number of hydrazine groups is 1. The molecular weight excluding hydrogens is 1510 g/mol. The highest BCUT2D eigenvalue weighted by Gasteiger charge is 2.41. The normalized spacial score (nSPS) is 13.2. The molecule has 1 aromatic carbocycles. The molecule has 0 aliphatic carbocycles. The zero-order valence-corrected chi connectivity index (χ0v) is 69.9.